The molecule has 0 amide bonds. The van der Waals surface area contributed by atoms with Crippen molar-refractivity contribution < 1.29 is 22.6 Å². The summed E-state index contributed by atoms with van der Waals surface area (Å²) in [6.07, 6.45) is 1.97. The summed E-state index contributed by atoms with van der Waals surface area (Å²) < 4.78 is 29.6. The van der Waals surface area contributed by atoms with Gasteiger partial charge < -0.3 is 0 Å². The van der Waals surface area contributed by atoms with Gasteiger partial charge in [0.1, 0.15) is 11.6 Å². The summed E-state index contributed by atoms with van der Waals surface area (Å²) in [5, 5.41) is 0. The summed E-state index contributed by atoms with van der Waals surface area (Å²) in [7, 11) is -4.02. The highest BCUT2D eigenvalue weighted by Crippen LogP contribution is 2.08. The zero-order chi connectivity index (χ0) is 16.5. The van der Waals surface area contributed by atoms with Crippen LogP contribution in [0.2, 0.25) is 0 Å². The largest absolute Gasteiger partial charge is 0.300 e. The van der Waals surface area contributed by atoms with Gasteiger partial charge >= 0.3 is 0 Å². The minimum absolute atomic E-state index is 0.0666. The molecule has 0 saturated heterocycles. The van der Waals surface area contributed by atoms with E-state index in [-0.39, 0.29) is 16.5 Å². The van der Waals surface area contributed by atoms with E-state index in [9.17, 15) is 18.0 Å². The number of carbonyl (C=O) groups excluding carboxylic acids is 2. The lowest BCUT2D eigenvalue weighted by atomic mass is 10.1. The Morgan fingerprint density at radius 3 is 1.62 bits per heavy atom. The molecule has 118 valence electrons. The van der Waals surface area contributed by atoms with Crippen LogP contribution in [0.1, 0.15) is 45.1 Å². The summed E-state index contributed by atoms with van der Waals surface area (Å²) >= 11 is 0. The molecule has 1 rings (SSSR count). The van der Waals surface area contributed by atoms with E-state index < -0.39 is 10.1 Å². The first-order chi connectivity index (χ1) is 9.70. The minimum Gasteiger partial charge on any atom is -0.300 e. The second-order valence-electron chi connectivity index (χ2n) is 4.57. The number of rotatable bonds is 6. The number of aryl methyl sites for hydroxylation is 1. The molecule has 0 fully saturated rings. The molecule has 0 heterocycles. The Balaban J connectivity index is 0.000000384. The zero-order valence-corrected chi connectivity index (χ0v) is 13.4. The molecule has 0 aliphatic rings. The third-order valence-electron chi connectivity index (χ3n) is 2.79. The molecule has 21 heavy (non-hydrogen) atoms. The van der Waals surface area contributed by atoms with E-state index in [1.54, 1.807) is 12.1 Å². The fourth-order valence-electron chi connectivity index (χ4n) is 1.34. The fourth-order valence-corrected chi connectivity index (χ4v) is 1.82. The molecule has 0 bridgehead atoms. The van der Waals surface area contributed by atoms with Gasteiger partial charge in [0, 0.05) is 25.7 Å². The quantitative estimate of drug-likeness (QED) is 0.815. The van der Waals surface area contributed by atoms with Gasteiger partial charge in [-0.05, 0) is 19.1 Å². The number of benzene rings is 1. The summed E-state index contributed by atoms with van der Waals surface area (Å²) in [6, 6.07) is 5.99. The third kappa shape index (κ3) is 9.10. The van der Waals surface area contributed by atoms with Crippen molar-refractivity contribution in [3.05, 3.63) is 29.8 Å². The highest BCUT2D eigenvalue weighted by molar-refractivity contribution is 7.85. The molecule has 0 aliphatic carbocycles. The van der Waals surface area contributed by atoms with Gasteiger partial charge in [-0.1, -0.05) is 31.5 Å². The van der Waals surface area contributed by atoms with Gasteiger partial charge in [0.25, 0.3) is 10.1 Å². The molecule has 6 heteroatoms. The molecule has 1 aromatic rings. The van der Waals surface area contributed by atoms with Gasteiger partial charge in [-0.25, -0.2) is 0 Å². The number of ketones is 2. The van der Waals surface area contributed by atoms with Crippen LogP contribution in [-0.2, 0) is 19.7 Å². The lowest BCUT2D eigenvalue weighted by Crippen LogP contribution is -2.01. The molecule has 0 aliphatic heterocycles. The maximum absolute atomic E-state index is 10.7. The van der Waals surface area contributed by atoms with Gasteiger partial charge in [-0.2, -0.15) is 8.42 Å². The molecule has 1 aromatic carbocycles. The van der Waals surface area contributed by atoms with Crippen molar-refractivity contribution in [2.75, 3.05) is 0 Å². The molecular weight excluding hydrogens is 292 g/mol. The molecule has 0 saturated carbocycles. The van der Waals surface area contributed by atoms with Crippen molar-refractivity contribution in [2.45, 2.75) is 51.3 Å². The van der Waals surface area contributed by atoms with Crippen molar-refractivity contribution >= 4 is 21.7 Å². The van der Waals surface area contributed by atoms with E-state index in [0.29, 0.717) is 25.7 Å². The Labute approximate surface area is 126 Å². The molecule has 0 radical (unpaired) electrons. The molecular formula is C15H22O5S. The average Bonchev–Trinajstić information content (AvgIpc) is 2.44. The second-order valence-corrected chi connectivity index (χ2v) is 5.99. The Morgan fingerprint density at radius 2 is 1.33 bits per heavy atom. The monoisotopic (exact) mass is 314 g/mol. The van der Waals surface area contributed by atoms with E-state index in [0.717, 1.165) is 5.56 Å². The summed E-state index contributed by atoms with van der Waals surface area (Å²) in [5.41, 5.74) is 0.956. The van der Waals surface area contributed by atoms with E-state index >= 15 is 0 Å². The summed E-state index contributed by atoms with van der Waals surface area (Å²) in [6.45, 7) is 5.48. The van der Waals surface area contributed by atoms with Gasteiger partial charge in [0.15, 0.2) is 0 Å². The van der Waals surface area contributed by atoms with Crippen LogP contribution in [0.15, 0.2) is 29.2 Å². The first-order valence-electron chi connectivity index (χ1n) is 6.78. The number of hydrogen-bond donors (Lipinski definition) is 1. The molecule has 1 N–H and O–H groups in total. The SMILES string of the molecule is CCC(=O)CCC(=O)CC.Cc1ccc(S(=O)(=O)O)cc1. The van der Waals surface area contributed by atoms with Crippen molar-refractivity contribution in [1.82, 2.24) is 0 Å². The Kier molecular flexibility index (Phi) is 8.73. The highest BCUT2D eigenvalue weighted by Gasteiger charge is 2.06. The fraction of sp³-hybridized carbons (Fsp3) is 0.467. The van der Waals surface area contributed by atoms with Crippen LogP contribution < -0.4 is 0 Å². The van der Waals surface area contributed by atoms with Gasteiger partial charge in [-0.15, -0.1) is 0 Å². The van der Waals surface area contributed by atoms with Crippen LogP contribution >= 0.6 is 0 Å². The standard InChI is InChI=1S/C8H14O2.C7H8O3S/c1-3-7(9)5-6-8(10)4-2;1-6-2-4-7(5-3-6)11(8,9)10/h3-6H2,1-2H3;2-5H,1H3,(H,8,9,10). The van der Waals surface area contributed by atoms with E-state index in [4.69, 9.17) is 4.55 Å². The third-order valence-corrected chi connectivity index (χ3v) is 3.66. The van der Waals surface area contributed by atoms with Crippen LogP contribution in [0.4, 0.5) is 0 Å². The van der Waals surface area contributed by atoms with Crippen molar-refractivity contribution in [3.8, 4) is 0 Å². The van der Waals surface area contributed by atoms with Gasteiger partial charge in [0.2, 0.25) is 0 Å². The topological polar surface area (TPSA) is 88.5 Å². The molecule has 0 unspecified atom stereocenters. The molecule has 5 nitrogen and oxygen atoms in total. The van der Waals surface area contributed by atoms with Crippen molar-refractivity contribution in [3.63, 3.8) is 0 Å². The average molecular weight is 314 g/mol. The Bertz CT molecular complexity index is 542. The maximum atomic E-state index is 10.7. The zero-order valence-electron chi connectivity index (χ0n) is 12.6. The summed E-state index contributed by atoms with van der Waals surface area (Å²) in [4.78, 5) is 21.3. The maximum Gasteiger partial charge on any atom is 0.294 e. The number of Topliss-reactive ketones (excluding diaryl/α,β-unsaturated/α-hetero) is 2. The molecule has 0 aromatic heterocycles. The van der Waals surface area contributed by atoms with Gasteiger partial charge in [0.05, 0.1) is 4.90 Å². The molecule has 0 spiro atoms. The predicted octanol–water partition coefficient (Wildman–Crippen LogP) is 2.97. The Hall–Kier alpha value is -1.53. The lowest BCUT2D eigenvalue weighted by molar-refractivity contribution is -0.123. The Morgan fingerprint density at radius 1 is 0.952 bits per heavy atom. The van der Waals surface area contributed by atoms with Gasteiger partial charge in [-0.3, -0.25) is 14.1 Å². The van der Waals surface area contributed by atoms with Crippen LogP contribution in [0, 0.1) is 6.92 Å². The molecule has 0 atom stereocenters. The van der Waals surface area contributed by atoms with Crippen LogP contribution in [-0.4, -0.2) is 24.5 Å². The van der Waals surface area contributed by atoms with E-state index in [2.05, 4.69) is 0 Å². The van der Waals surface area contributed by atoms with E-state index in [1.165, 1.54) is 12.1 Å². The highest BCUT2D eigenvalue weighted by atomic mass is 32.2. The van der Waals surface area contributed by atoms with E-state index in [1.807, 2.05) is 20.8 Å². The van der Waals surface area contributed by atoms with Crippen molar-refractivity contribution in [2.24, 2.45) is 0 Å². The lowest BCUT2D eigenvalue weighted by Gasteiger charge is -1.95. The van der Waals surface area contributed by atoms with Crippen LogP contribution in [0.25, 0.3) is 0 Å². The first kappa shape index (κ1) is 19.5. The normalized spacial score (nSPS) is 10.5. The minimum atomic E-state index is -4.02. The number of carbonyl (C=O) groups is 2. The van der Waals surface area contributed by atoms with Crippen LogP contribution in [0.5, 0.6) is 0 Å². The second kappa shape index (κ2) is 9.41. The number of hydrogen-bond acceptors (Lipinski definition) is 4. The van der Waals surface area contributed by atoms with Crippen LogP contribution in [0.3, 0.4) is 0 Å². The van der Waals surface area contributed by atoms with Crippen molar-refractivity contribution in [1.29, 1.82) is 0 Å². The first-order valence-corrected chi connectivity index (χ1v) is 8.22. The summed E-state index contributed by atoms with van der Waals surface area (Å²) in [5.74, 6) is 0.364. The smallest absolute Gasteiger partial charge is 0.294 e. The predicted molar refractivity (Wildman–Crippen MR) is 80.8 cm³/mol.